The molecule has 2 aromatic carbocycles. The van der Waals surface area contributed by atoms with Gasteiger partial charge in [-0.05, 0) is 58.5 Å². The van der Waals surface area contributed by atoms with Gasteiger partial charge < -0.3 is 4.98 Å². The highest BCUT2D eigenvalue weighted by atomic mass is 14.7. The zero-order valence-electron chi connectivity index (χ0n) is 11.2. The normalized spacial score (nSPS) is 10.6. The molecule has 0 saturated carbocycles. The number of allylic oxidation sites excluding steroid dienone is 1. The summed E-state index contributed by atoms with van der Waals surface area (Å²) >= 11 is 0. The van der Waals surface area contributed by atoms with Gasteiger partial charge in [0.25, 0.3) is 0 Å². The first kappa shape index (κ1) is 12.7. The van der Waals surface area contributed by atoms with Crippen LogP contribution in [0.15, 0.2) is 54.7 Å². The first-order valence-electron chi connectivity index (χ1n) is 6.49. The number of rotatable bonds is 2. The summed E-state index contributed by atoms with van der Waals surface area (Å²) in [7, 11) is 0. The standard InChI is InChI=1S/C18H11N3/c19-8-1-2-13-10-14(3-4-17(13)12-20)15-5-6-18-16(11-15)7-9-21-18/h1-7,9-11,21H/b2-1-. The third-order valence-corrected chi connectivity index (χ3v) is 3.40. The number of nitrogens with zero attached hydrogens (tertiary/aromatic N) is 2. The van der Waals surface area contributed by atoms with Gasteiger partial charge in [0.05, 0.1) is 17.7 Å². The van der Waals surface area contributed by atoms with Gasteiger partial charge in [-0.25, -0.2) is 0 Å². The number of nitrogens with one attached hydrogen (secondary N) is 1. The minimum absolute atomic E-state index is 0.563. The second kappa shape index (κ2) is 5.36. The van der Waals surface area contributed by atoms with Crippen molar-refractivity contribution < 1.29 is 0 Å². The van der Waals surface area contributed by atoms with Crippen molar-refractivity contribution in [2.45, 2.75) is 0 Å². The van der Waals surface area contributed by atoms with E-state index in [4.69, 9.17) is 10.5 Å². The number of nitriles is 2. The van der Waals surface area contributed by atoms with E-state index >= 15 is 0 Å². The predicted molar refractivity (Wildman–Crippen MR) is 83.1 cm³/mol. The molecule has 1 N–H and O–H groups in total. The summed E-state index contributed by atoms with van der Waals surface area (Å²) < 4.78 is 0. The van der Waals surface area contributed by atoms with Gasteiger partial charge in [-0.2, -0.15) is 10.5 Å². The Morgan fingerprint density at radius 3 is 2.57 bits per heavy atom. The Bertz CT molecular complexity index is 918. The monoisotopic (exact) mass is 269 g/mol. The Hall–Kier alpha value is -3.30. The van der Waals surface area contributed by atoms with Gasteiger partial charge in [-0.1, -0.05) is 12.1 Å². The molecule has 0 fully saturated rings. The van der Waals surface area contributed by atoms with Crippen LogP contribution >= 0.6 is 0 Å². The molecule has 0 bridgehead atoms. The fraction of sp³-hybridized carbons (Fsp3) is 0. The molecule has 0 aliphatic carbocycles. The van der Waals surface area contributed by atoms with Crippen molar-refractivity contribution in [2.24, 2.45) is 0 Å². The van der Waals surface area contributed by atoms with Crippen molar-refractivity contribution in [1.82, 2.24) is 4.98 Å². The van der Waals surface area contributed by atoms with Crippen molar-refractivity contribution in [3.8, 4) is 23.3 Å². The third kappa shape index (κ3) is 2.41. The summed E-state index contributed by atoms with van der Waals surface area (Å²) in [6.07, 6.45) is 4.96. The molecule has 0 spiro atoms. The van der Waals surface area contributed by atoms with Gasteiger partial charge in [-0.3, -0.25) is 0 Å². The Labute approximate surface area is 122 Å². The zero-order valence-corrected chi connectivity index (χ0v) is 11.2. The molecule has 3 rings (SSSR count). The molecular weight excluding hydrogens is 258 g/mol. The van der Waals surface area contributed by atoms with E-state index in [9.17, 15) is 0 Å². The molecule has 1 aromatic heterocycles. The van der Waals surface area contributed by atoms with Crippen molar-refractivity contribution in [2.75, 3.05) is 0 Å². The molecule has 0 aliphatic heterocycles. The fourth-order valence-electron chi connectivity index (χ4n) is 2.34. The zero-order chi connectivity index (χ0) is 14.7. The van der Waals surface area contributed by atoms with E-state index < -0.39 is 0 Å². The molecule has 1 heterocycles. The van der Waals surface area contributed by atoms with E-state index in [-0.39, 0.29) is 0 Å². The molecule has 3 heteroatoms. The lowest BCUT2D eigenvalue weighted by Crippen LogP contribution is -1.85. The highest BCUT2D eigenvalue weighted by Gasteiger charge is 2.04. The van der Waals surface area contributed by atoms with Gasteiger partial charge in [0.1, 0.15) is 0 Å². The summed E-state index contributed by atoms with van der Waals surface area (Å²) in [5.41, 5.74) is 4.52. The first-order chi connectivity index (χ1) is 10.3. The quantitative estimate of drug-likeness (QED) is 0.707. The highest BCUT2D eigenvalue weighted by Crippen LogP contribution is 2.26. The number of benzene rings is 2. The van der Waals surface area contributed by atoms with E-state index in [0.717, 1.165) is 27.6 Å². The van der Waals surface area contributed by atoms with Crippen molar-refractivity contribution >= 4 is 17.0 Å². The van der Waals surface area contributed by atoms with Crippen molar-refractivity contribution in [3.63, 3.8) is 0 Å². The summed E-state index contributed by atoms with van der Waals surface area (Å²) in [6.45, 7) is 0. The molecular formula is C18H11N3. The fourth-order valence-corrected chi connectivity index (χ4v) is 2.34. The minimum Gasteiger partial charge on any atom is -0.361 e. The molecule has 0 unspecified atom stereocenters. The van der Waals surface area contributed by atoms with E-state index in [2.05, 4.69) is 17.1 Å². The molecule has 0 saturated heterocycles. The number of hydrogen-bond acceptors (Lipinski definition) is 2. The number of aromatic nitrogens is 1. The van der Waals surface area contributed by atoms with Gasteiger partial charge in [0.15, 0.2) is 0 Å². The number of aromatic amines is 1. The summed E-state index contributed by atoms with van der Waals surface area (Å²) in [6, 6.07) is 17.9. The lowest BCUT2D eigenvalue weighted by molar-refractivity contribution is 1.46. The van der Waals surface area contributed by atoms with Gasteiger partial charge in [-0.15, -0.1) is 0 Å². The minimum atomic E-state index is 0.563. The van der Waals surface area contributed by atoms with Gasteiger partial charge >= 0.3 is 0 Å². The first-order valence-corrected chi connectivity index (χ1v) is 6.49. The van der Waals surface area contributed by atoms with Crippen LogP contribution in [0.2, 0.25) is 0 Å². The van der Waals surface area contributed by atoms with Gasteiger partial charge in [0.2, 0.25) is 0 Å². The second-order valence-corrected chi connectivity index (χ2v) is 4.66. The lowest BCUT2D eigenvalue weighted by Gasteiger charge is -2.05. The molecule has 3 nitrogen and oxygen atoms in total. The number of hydrogen-bond donors (Lipinski definition) is 1. The van der Waals surface area contributed by atoms with Gasteiger partial charge in [0, 0.05) is 17.8 Å². The summed E-state index contributed by atoms with van der Waals surface area (Å²) in [5.74, 6) is 0. The Balaban J connectivity index is 2.12. The molecule has 0 amide bonds. The lowest BCUT2D eigenvalue weighted by atomic mass is 9.98. The maximum atomic E-state index is 9.12. The Kier molecular flexibility index (Phi) is 3.25. The number of fused-ring (bicyclic) bond motifs is 1. The molecule has 21 heavy (non-hydrogen) atoms. The molecule has 0 atom stereocenters. The Morgan fingerprint density at radius 1 is 0.952 bits per heavy atom. The van der Waals surface area contributed by atoms with Crippen LogP contribution in [0.4, 0.5) is 0 Å². The summed E-state index contributed by atoms with van der Waals surface area (Å²) in [4.78, 5) is 3.17. The average Bonchev–Trinajstić information content (AvgIpc) is 3.00. The van der Waals surface area contributed by atoms with Crippen LogP contribution in [-0.2, 0) is 0 Å². The van der Waals surface area contributed by atoms with Crippen LogP contribution < -0.4 is 0 Å². The van der Waals surface area contributed by atoms with Crippen LogP contribution in [0.25, 0.3) is 28.1 Å². The number of H-pyrrole nitrogens is 1. The van der Waals surface area contributed by atoms with Crippen molar-refractivity contribution in [1.29, 1.82) is 10.5 Å². The van der Waals surface area contributed by atoms with Crippen LogP contribution in [-0.4, -0.2) is 4.98 Å². The van der Waals surface area contributed by atoms with E-state index in [1.165, 1.54) is 6.08 Å². The molecule has 98 valence electrons. The van der Waals surface area contributed by atoms with Crippen LogP contribution in [0, 0.1) is 22.7 Å². The largest absolute Gasteiger partial charge is 0.361 e. The SMILES string of the molecule is N#C/C=C\c1cc(-c2ccc3[nH]ccc3c2)ccc1C#N. The topological polar surface area (TPSA) is 63.4 Å². The van der Waals surface area contributed by atoms with E-state index in [0.29, 0.717) is 5.56 Å². The van der Waals surface area contributed by atoms with Crippen LogP contribution in [0.3, 0.4) is 0 Å². The third-order valence-electron chi connectivity index (χ3n) is 3.40. The van der Waals surface area contributed by atoms with Crippen LogP contribution in [0.5, 0.6) is 0 Å². The van der Waals surface area contributed by atoms with E-state index in [1.807, 2.05) is 42.6 Å². The van der Waals surface area contributed by atoms with E-state index in [1.54, 1.807) is 12.1 Å². The average molecular weight is 269 g/mol. The highest BCUT2D eigenvalue weighted by molar-refractivity contribution is 5.85. The molecule has 0 radical (unpaired) electrons. The maximum absolute atomic E-state index is 9.12. The second-order valence-electron chi connectivity index (χ2n) is 4.66. The van der Waals surface area contributed by atoms with Crippen LogP contribution in [0.1, 0.15) is 11.1 Å². The smallest absolute Gasteiger partial charge is 0.0997 e. The molecule has 3 aromatic rings. The summed E-state index contributed by atoms with van der Waals surface area (Å²) in [5, 5.41) is 18.9. The molecule has 0 aliphatic rings. The van der Waals surface area contributed by atoms with Crippen molar-refractivity contribution in [3.05, 3.63) is 65.9 Å². The maximum Gasteiger partial charge on any atom is 0.0997 e. The predicted octanol–water partition coefficient (Wildman–Crippen LogP) is 4.24. The Morgan fingerprint density at radius 2 is 1.76 bits per heavy atom.